The number of anilines is 1. The first-order valence-corrected chi connectivity index (χ1v) is 6.52. The predicted octanol–water partition coefficient (Wildman–Crippen LogP) is 1.66. The fourth-order valence-corrected chi connectivity index (χ4v) is 2.43. The van der Waals surface area contributed by atoms with Crippen molar-refractivity contribution in [1.82, 2.24) is 0 Å². The Morgan fingerprint density at radius 2 is 1.80 bits per heavy atom. The molecule has 0 radical (unpaired) electrons. The van der Waals surface area contributed by atoms with Gasteiger partial charge in [-0.05, 0) is 43.5 Å². The molecule has 5 N–H and O–H groups in total. The normalized spacial score (nSPS) is 21.6. The molecule has 0 spiro atoms. The Morgan fingerprint density at radius 1 is 1.15 bits per heavy atom. The lowest BCUT2D eigenvalue weighted by Crippen LogP contribution is -2.34. The highest BCUT2D eigenvalue weighted by molar-refractivity contribution is 5.95. The van der Waals surface area contributed by atoms with E-state index in [2.05, 4.69) is 5.32 Å². The summed E-state index contributed by atoms with van der Waals surface area (Å²) in [4.78, 5) is 23.0. The molecule has 1 aromatic carbocycles. The Morgan fingerprint density at radius 3 is 2.35 bits per heavy atom. The minimum atomic E-state index is -0.476. The largest absolute Gasteiger partial charge is 0.366 e. The summed E-state index contributed by atoms with van der Waals surface area (Å²) in [5.41, 5.74) is 12.1. The molecule has 2 amide bonds. The zero-order chi connectivity index (χ0) is 13.8. The zero-order valence-corrected chi connectivity index (χ0v) is 12.0. The van der Waals surface area contributed by atoms with E-state index >= 15 is 0 Å². The third-order valence-corrected chi connectivity index (χ3v) is 3.52. The Balaban J connectivity index is 0.00000200. The van der Waals surface area contributed by atoms with Crippen LogP contribution in [0.4, 0.5) is 5.69 Å². The summed E-state index contributed by atoms with van der Waals surface area (Å²) < 4.78 is 0. The molecule has 1 saturated carbocycles. The van der Waals surface area contributed by atoms with E-state index in [1.807, 2.05) is 0 Å². The van der Waals surface area contributed by atoms with Crippen molar-refractivity contribution in [3.8, 4) is 0 Å². The van der Waals surface area contributed by atoms with Crippen LogP contribution in [-0.2, 0) is 4.79 Å². The van der Waals surface area contributed by atoms with Crippen molar-refractivity contribution in [3.05, 3.63) is 29.8 Å². The van der Waals surface area contributed by atoms with Gasteiger partial charge in [0.15, 0.2) is 0 Å². The first kappa shape index (κ1) is 16.5. The summed E-state index contributed by atoms with van der Waals surface area (Å²) in [7, 11) is 0. The summed E-state index contributed by atoms with van der Waals surface area (Å²) in [5, 5.41) is 2.85. The molecule has 6 heteroatoms. The molecule has 5 nitrogen and oxygen atoms in total. The quantitative estimate of drug-likeness (QED) is 0.791. The number of benzene rings is 1. The van der Waals surface area contributed by atoms with Gasteiger partial charge in [-0.3, -0.25) is 9.59 Å². The fraction of sp³-hybridized carbons (Fsp3) is 0.429. The molecule has 0 saturated heterocycles. The van der Waals surface area contributed by atoms with Crippen molar-refractivity contribution >= 4 is 29.9 Å². The highest BCUT2D eigenvalue weighted by Gasteiger charge is 2.25. The standard InChI is InChI=1S/C14H19N3O2.ClH/c15-11-3-1-2-10(8-11)14(19)17-12-6-4-9(5-7-12)13(16)18;/h4-7,10-11H,1-3,8,15H2,(H2,16,18)(H,17,19);1H. The van der Waals surface area contributed by atoms with E-state index in [0.717, 1.165) is 25.7 Å². The number of hydrogen-bond acceptors (Lipinski definition) is 3. The van der Waals surface area contributed by atoms with E-state index in [-0.39, 0.29) is 30.3 Å². The lowest BCUT2D eigenvalue weighted by molar-refractivity contribution is -0.120. The van der Waals surface area contributed by atoms with Crippen LogP contribution in [0, 0.1) is 5.92 Å². The number of amides is 2. The van der Waals surface area contributed by atoms with E-state index in [9.17, 15) is 9.59 Å². The molecule has 110 valence electrons. The first-order chi connectivity index (χ1) is 9.06. The lowest BCUT2D eigenvalue weighted by atomic mass is 9.85. The lowest BCUT2D eigenvalue weighted by Gasteiger charge is -2.25. The van der Waals surface area contributed by atoms with Crippen molar-refractivity contribution in [3.63, 3.8) is 0 Å². The van der Waals surface area contributed by atoms with E-state index < -0.39 is 5.91 Å². The Labute approximate surface area is 124 Å². The highest BCUT2D eigenvalue weighted by atomic mass is 35.5. The zero-order valence-electron chi connectivity index (χ0n) is 11.2. The number of carbonyl (C=O) groups excluding carboxylic acids is 2. The maximum Gasteiger partial charge on any atom is 0.248 e. The summed E-state index contributed by atoms with van der Waals surface area (Å²) in [5.74, 6) is -0.488. The minimum Gasteiger partial charge on any atom is -0.366 e. The second-order valence-corrected chi connectivity index (χ2v) is 5.05. The maximum atomic E-state index is 12.1. The van der Waals surface area contributed by atoms with Crippen molar-refractivity contribution in [2.45, 2.75) is 31.7 Å². The van der Waals surface area contributed by atoms with Crippen LogP contribution in [0.15, 0.2) is 24.3 Å². The van der Waals surface area contributed by atoms with Gasteiger partial charge in [-0.2, -0.15) is 0 Å². The molecule has 20 heavy (non-hydrogen) atoms. The van der Waals surface area contributed by atoms with Gasteiger partial charge in [0, 0.05) is 23.2 Å². The van der Waals surface area contributed by atoms with Crippen molar-refractivity contribution in [2.24, 2.45) is 17.4 Å². The number of nitrogens with one attached hydrogen (secondary N) is 1. The Hall–Kier alpha value is -1.59. The summed E-state index contributed by atoms with van der Waals surface area (Å²) >= 11 is 0. The van der Waals surface area contributed by atoms with Gasteiger partial charge in [0.2, 0.25) is 11.8 Å². The van der Waals surface area contributed by atoms with Gasteiger partial charge in [0.1, 0.15) is 0 Å². The van der Waals surface area contributed by atoms with Gasteiger partial charge in [-0.1, -0.05) is 6.42 Å². The number of hydrogen-bond donors (Lipinski definition) is 3. The van der Waals surface area contributed by atoms with Crippen LogP contribution in [0.5, 0.6) is 0 Å². The molecule has 2 rings (SSSR count). The first-order valence-electron chi connectivity index (χ1n) is 6.52. The summed E-state index contributed by atoms with van der Waals surface area (Å²) in [6.45, 7) is 0. The molecule has 2 atom stereocenters. The second kappa shape index (κ2) is 7.26. The molecule has 1 aromatic rings. The highest BCUT2D eigenvalue weighted by Crippen LogP contribution is 2.24. The molecule has 2 unspecified atom stereocenters. The number of nitrogens with two attached hydrogens (primary N) is 2. The molecule has 0 heterocycles. The Bertz CT molecular complexity index is 476. The van der Waals surface area contributed by atoms with Gasteiger partial charge >= 0.3 is 0 Å². The minimum absolute atomic E-state index is 0. The molecular weight excluding hydrogens is 278 g/mol. The monoisotopic (exact) mass is 297 g/mol. The molecule has 0 bridgehead atoms. The molecular formula is C14H20ClN3O2. The third-order valence-electron chi connectivity index (χ3n) is 3.52. The molecule has 1 aliphatic rings. The average Bonchev–Trinajstić information content (AvgIpc) is 2.39. The molecule has 0 aliphatic heterocycles. The van der Waals surface area contributed by atoms with E-state index in [4.69, 9.17) is 11.5 Å². The summed E-state index contributed by atoms with van der Waals surface area (Å²) in [6, 6.07) is 6.69. The van der Waals surface area contributed by atoms with Crippen LogP contribution in [0.25, 0.3) is 0 Å². The van der Waals surface area contributed by atoms with Crippen LogP contribution in [0.2, 0.25) is 0 Å². The van der Waals surface area contributed by atoms with Gasteiger partial charge < -0.3 is 16.8 Å². The topological polar surface area (TPSA) is 98.2 Å². The van der Waals surface area contributed by atoms with Crippen LogP contribution in [0.1, 0.15) is 36.0 Å². The average molecular weight is 298 g/mol. The number of carbonyl (C=O) groups is 2. The van der Waals surface area contributed by atoms with Crippen LogP contribution in [-0.4, -0.2) is 17.9 Å². The SMILES string of the molecule is Cl.NC(=O)c1ccc(NC(=O)C2CCCC(N)C2)cc1. The summed E-state index contributed by atoms with van der Waals surface area (Å²) in [6.07, 6.45) is 3.63. The number of rotatable bonds is 3. The smallest absolute Gasteiger partial charge is 0.248 e. The number of primary amides is 1. The van der Waals surface area contributed by atoms with E-state index in [1.165, 1.54) is 0 Å². The maximum absolute atomic E-state index is 12.1. The van der Waals surface area contributed by atoms with E-state index in [1.54, 1.807) is 24.3 Å². The Kier molecular flexibility index (Phi) is 5.98. The molecule has 0 aromatic heterocycles. The van der Waals surface area contributed by atoms with Gasteiger partial charge in [-0.15, -0.1) is 12.4 Å². The van der Waals surface area contributed by atoms with Crippen molar-refractivity contribution in [2.75, 3.05) is 5.32 Å². The van der Waals surface area contributed by atoms with Gasteiger partial charge in [0.05, 0.1) is 0 Å². The molecule has 1 fully saturated rings. The molecule has 1 aliphatic carbocycles. The van der Waals surface area contributed by atoms with Crippen molar-refractivity contribution in [1.29, 1.82) is 0 Å². The van der Waals surface area contributed by atoms with E-state index in [0.29, 0.717) is 11.3 Å². The van der Waals surface area contributed by atoms with Gasteiger partial charge in [-0.25, -0.2) is 0 Å². The predicted molar refractivity (Wildman–Crippen MR) is 80.8 cm³/mol. The van der Waals surface area contributed by atoms with Crippen molar-refractivity contribution < 1.29 is 9.59 Å². The van der Waals surface area contributed by atoms with Crippen LogP contribution in [0.3, 0.4) is 0 Å². The van der Waals surface area contributed by atoms with Crippen LogP contribution >= 0.6 is 12.4 Å². The third kappa shape index (κ3) is 4.21. The second-order valence-electron chi connectivity index (χ2n) is 5.05. The van der Waals surface area contributed by atoms with Gasteiger partial charge in [0.25, 0.3) is 0 Å². The van der Waals surface area contributed by atoms with Crippen LogP contribution < -0.4 is 16.8 Å². The fourth-order valence-electron chi connectivity index (χ4n) is 2.43. The number of halogens is 1.